The molecule has 0 heterocycles. The van der Waals surface area contributed by atoms with Gasteiger partial charge in [-0.2, -0.15) is 0 Å². The predicted octanol–water partition coefficient (Wildman–Crippen LogP) is 16.3. The normalized spacial score (nSPS) is 12.8. The minimum absolute atomic E-state index is 0.0446. The number of hydrogen-bond acceptors (Lipinski definition) is 5. The largest absolute Gasteiger partial charge is 0.462 e. The van der Waals surface area contributed by atoms with Crippen molar-refractivity contribution in [1.29, 1.82) is 0 Å². The molecule has 0 N–H and O–H groups in total. The Bertz CT molecular complexity index is 1050. The van der Waals surface area contributed by atoms with Gasteiger partial charge in [-0.15, -0.1) is 0 Å². The molecule has 0 fully saturated rings. The van der Waals surface area contributed by atoms with Crippen LogP contribution in [0.25, 0.3) is 0 Å². The van der Waals surface area contributed by atoms with Crippen LogP contribution in [0.2, 0.25) is 0 Å². The van der Waals surface area contributed by atoms with Crippen LogP contribution in [0.15, 0.2) is 72.9 Å². The molecule has 0 aromatic rings. The van der Waals surface area contributed by atoms with E-state index in [0.717, 1.165) is 57.8 Å². The van der Waals surface area contributed by atoms with Gasteiger partial charge >= 0.3 is 11.9 Å². The zero-order valence-corrected chi connectivity index (χ0v) is 38.3. The zero-order chi connectivity index (χ0) is 42.1. The van der Waals surface area contributed by atoms with Crippen molar-refractivity contribution in [2.75, 3.05) is 19.8 Å². The van der Waals surface area contributed by atoms with Crippen molar-refractivity contribution in [2.45, 2.75) is 232 Å². The Morgan fingerprint density at radius 2 is 0.810 bits per heavy atom. The first-order valence-electron chi connectivity index (χ1n) is 24.5. The summed E-state index contributed by atoms with van der Waals surface area (Å²) in [6.07, 6.45) is 62.0. The molecule has 1 atom stereocenters. The van der Waals surface area contributed by atoms with Crippen LogP contribution >= 0.6 is 0 Å². The fraction of sp³-hybridized carbons (Fsp3) is 0.736. The summed E-state index contributed by atoms with van der Waals surface area (Å²) in [7, 11) is 0. The second-order valence-electron chi connectivity index (χ2n) is 16.0. The highest BCUT2D eigenvalue weighted by molar-refractivity contribution is 5.70. The summed E-state index contributed by atoms with van der Waals surface area (Å²) in [6, 6.07) is 0. The van der Waals surface area contributed by atoms with E-state index in [4.69, 9.17) is 14.2 Å². The maximum atomic E-state index is 12.7. The van der Waals surface area contributed by atoms with Crippen molar-refractivity contribution in [2.24, 2.45) is 0 Å². The van der Waals surface area contributed by atoms with E-state index in [0.29, 0.717) is 25.9 Å². The van der Waals surface area contributed by atoms with Crippen LogP contribution < -0.4 is 0 Å². The maximum Gasteiger partial charge on any atom is 0.306 e. The van der Waals surface area contributed by atoms with Crippen molar-refractivity contribution in [3.05, 3.63) is 72.9 Å². The molecule has 0 aromatic carbocycles. The molecule has 5 nitrogen and oxygen atoms in total. The molecule has 0 amide bonds. The average molecular weight is 809 g/mol. The smallest absolute Gasteiger partial charge is 0.306 e. The molecule has 1 unspecified atom stereocenters. The standard InChI is InChI=1S/C53H92O5/c1-4-7-10-13-16-19-22-24-25-26-27-28-30-33-36-39-42-45-48-56-49-51(58-53(55)47-44-41-38-35-31-21-18-15-12-9-6-3)50-57-52(54)46-43-40-37-34-32-29-23-20-17-14-11-8-5-2/h8,11,16-17,19-20,24-25,29,32,37,40,51H,4-7,9-10,12-15,18,21-23,26-28,30-31,33-36,38-39,41-50H2,1-3H3/b11-8-,19-16-,20-17-,25-24-,32-29-,40-37-. The summed E-state index contributed by atoms with van der Waals surface area (Å²) in [4.78, 5) is 25.2. The van der Waals surface area contributed by atoms with E-state index in [9.17, 15) is 9.59 Å². The lowest BCUT2D eigenvalue weighted by molar-refractivity contribution is -0.162. The molecule has 334 valence electrons. The fourth-order valence-corrected chi connectivity index (χ4v) is 6.61. The van der Waals surface area contributed by atoms with Gasteiger partial charge < -0.3 is 14.2 Å². The summed E-state index contributed by atoms with van der Waals surface area (Å²) >= 11 is 0. The van der Waals surface area contributed by atoms with Gasteiger partial charge in [-0.25, -0.2) is 0 Å². The first kappa shape index (κ1) is 55.3. The summed E-state index contributed by atoms with van der Waals surface area (Å²) in [5.74, 6) is -0.493. The number of carbonyl (C=O) groups excluding carboxylic acids is 2. The average Bonchev–Trinajstić information content (AvgIpc) is 3.22. The van der Waals surface area contributed by atoms with Gasteiger partial charge in [-0.3, -0.25) is 9.59 Å². The number of esters is 2. The molecule has 0 saturated carbocycles. The van der Waals surface area contributed by atoms with Crippen LogP contribution in [-0.2, 0) is 23.8 Å². The van der Waals surface area contributed by atoms with E-state index in [-0.39, 0.29) is 25.2 Å². The number of unbranched alkanes of at least 4 members (excludes halogenated alkanes) is 21. The summed E-state index contributed by atoms with van der Waals surface area (Å²) in [6.45, 7) is 7.60. The summed E-state index contributed by atoms with van der Waals surface area (Å²) < 4.78 is 17.3. The lowest BCUT2D eigenvalue weighted by Gasteiger charge is -2.18. The van der Waals surface area contributed by atoms with E-state index >= 15 is 0 Å². The zero-order valence-electron chi connectivity index (χ0n) is 38.3. The van der Waals surface area contributed by atoms with E-state index in [1.165, 1.54) is 128 Å². The van der Waals surface area contributed by atoms with E-state index < -0.39 is 6.10 Å². The molecule has 0 aliphatic carbocycles. The third-order valence-corrected chi connectivity index (χ3v) is 10.2. The number of rotatable bonds is 44. The van der Waals surface area contributed by atoms with Crippen LogP contribution in [0.3, 0.4) is 0 Å². The Labute approximate surface area is 359 Å². The van der Waals surface area contributed by atoms with Gasteiger partial charge in [0.15, 0.2) is 6.10 Å². The van der Waals surface area contributed by atoms with Crippen molar-refractivity contribution in [3.63, 3.8) is 0 Å². The monoisotopic (exact) mass is 809 g/mol. The van der Waals surface area contributed by atoms with E-state index in [1.807, 2.05) is 6.08 Å². The van der Waals surface area contributed by atoms with Crippen LogP contribution in [-0.4, -0.2) is 37.9 Å². The maximum absolute atomic E-state index is 12.7. The molecule has 0 aliphatic rings. The van der Waals surface area contributed by atoms with Gasteiger partial charge in [0.25, 0.3) is 0 Å². The number of hydrogen-bond donors (Lipinski definition) is 0. The Morgan fingerprint density at radius 1 is 0.397 bits per heavy atom. The molecule has 0 radical (unpaired) electrons. The fourth-order valence-electron chi connectivity index (χ4n) is 6.61. The van der Waals surface area contributed by atoms with Crippen LogP contribution in [0, 0.1) is 0 Å². The molecule has 0 saturated heterocycles. The predicted molar refractivity (Wildman–Crippen MR) is 251 cm³/mol. The first-order chi connectivity index (χ1) is 28.6. The molecular weight excluding hydrogens is 717 g/mol. The molecule has 0 spiro atoms. The second-order valence-corrected chi connectivity index (χ2v) is 16.0. The van der Waals surface area contributed by atoms with Gasteiger partial charge in [-0.1, -0.05) is 209 Å². The first-order valence-corrected chi connectivity index (χ1v) is 24.5. The highest BCUT2D eigenvalue weighted by atomic mass is 16.6. The third kappa shape index (κ3) is 46.0. The topological polar surface area (TPSA) is 61.8 Å². The van der Waals surface area contributed by atoms with Gasteiger partial charge in [0.05, 0.1) is 6.61 Å². The third-order valence-electron chi connectivity index (χ3n) is 10.2. The van der Waals surface area contributed by atoms with Crippen molar-refractivity contribution >= 4 is 11.9 Å². The second kappa shape index (κ2) is 48.7. The number of allylic oxidation sites excluding steroid dienone is 12. The Balaban J connectivity index is 4.31. The molecule has 58 heavy (non-hydrogen) atoms. The summed E-state index contributed by atoms with van der Waals surface area (Å²) in [5.41, 5.74) is 0. The lowest BCUT2D eigenvalue weighted by atomic mass is 10.1. The van der Waals surface area contributed by atoms with Crippen molar-refractivity contribution in [1.82, 2.24) is 0 Å². The SMILES string of the molecule is CC/C=C\C/C=C\C/C=C\C/C=C\CCC(=O)OCC(COCCCCCCCCCC/C=C\C/C=C\CCCCC)OC(=O)CCCCCCCCCCCCC. The Kier molecular flexibility index (Phi) is 46.5. The highest BCUT2D eigenvalue weighted by Gasteiger charge is 2.17. The van der Waals surface area contributed by atoms with Crippen LogP contribution in [0.1, 0.15) is 226 Å². The summed E-state index contributed by atoms with van der Waals surface area (Å²) in [5, 5.41) is 0. The quantitative estimate of drug-likeness (QED) is 0.0348. The van der Waals surface area contributed by atoms with Crippen LogP contribution in [0.4, 0.5) is 0 Å². The Morgan fingerprint density at radius 3 is 1.34 bits per heavy atom. The van der Waals surface area contributed by atoms with E-state index in [1.54, 1.807) is 0 Å². The minimum atomic E-state index is -0.566. The highest BCUT2D eigenvalue weighted by Crippen LogP contribution is 2.14. The molecule has 0 aromatic heterocycles. The van der Waals surface area contributed by atoms with Gasteiger partial charge in [0.2, 0.25) is 0 Å². The minimum Gasteiger partial charge on any atom is -0.462 e. The number of ether oxygens (including phenoxy) is 3. The number of carbonyl (C=O) groups is 2. The lowest BCUT2D eigenvalue weighted by Crippen LogP contribution is -2.30. The Hall–Kier alpha value is -2.66. The van der Waals surface area contributed by atoms with Crippen molar-refractivity contribution in [3.8, 4) is 0 Å². The molecule has 5 heteroatoms. The van der Waals surface area contributed by atoms with Crippen molar-refractivity contribution < 1.29 is 23.8 Å². The van der Waals surface area contributed by atoms with E-state index in [2.05, 4.69) is 87.6 Å². The molecule has 0 aliphatic heterocycles. The van der Waals surface area contributed by atoms with Gasteiger partial charge in [0, 0.05) is 19.4 Å². The van der Waals surface area contributed by atoms with Crippen LogP contribution in [0.5, 0.6) is 0 Å². The molecule has 0 bridgehead atoms. The van der Waals surface area contributed by atoms with Gasteiger partial charge in [-0.05, 0) is 77.0 Å². The van der Waals surface area contributed by atoms with Gasteiger partial charge in [0.1, 0.15) is 6.61 Å². The molecule has 0 rings (SSSR count). The molecular formula is C53H92O5.